The van der Waals surface area contributed by atoms with Crippen LogP contribution in [0.1, 0.15) is 16.8 Å². The molecule has 0 radical (unpaired) electrons. The predicted molar refractivity (Wildman–Crippen MR) is 74.8 cm³/mol. The Kier molecular flexibility index (Phi) is 5.94. The molecule has 4 N–H and O–H groups in total. The van der Waals surface area contributed by atoms with Crippen molar-refractivity contribution < 1.29 is 24.2 Å². The molecule has 1 aromatic rings. The number of nitrogens with one attached hydrogen (secondary N) is 1. The summed E-state index contributed by atoms with van der Waals surface area (Å²) in [6, 6.07) is 4.75. The number of hydrogen-bond donors (Lipinski definition) is 3. The first-order valence-electron chi connectivity index (χ1n) is 6.09. The van der Waals surface area contributed by atoms with E-state index in [0.29, 0.717) is 12.4 Å². The number of ether oxygens (including phenoxy) is 1. The normalized spacial score (nSPS) is 11.2. The number of nitrogens with two attached hydrogens (primary N) is 1. The quantitative estimate of drug-likeness (QED) is 0.596. The molecule has 0 spiro atoms. The highest BCUT2D eigenvalue weighted by Crippen LogP contribution is 2.12. The number of hydrogen-bond acceptors (Lipinski definition) is 4. The lowest BCUT2D eigenvalue weighted by Gasteiger charge is -2.13. The van der Waals surface area contributed by atoms with E-state index in [1.165, 1.54) is 12.1 Å². The van der Waals surface area contributed by atoms with Crippen molar-refractivity contribution in [3.63, 3.8) is 0 Å². The lowest BCUT2D eigenvalue weighted by atomic mass is 10.1. The minimum Gasteiger partial charge on any atom is -0.490 e. The number of carboxylic acids is 1. The molecule has 0 heterocycles. The molecular formula is C14H16N2O5. The van der Waals surface area contributed by atoms with Gasteiger partial charge in [-0.05, 0) is 24.3 Å². The molecule has 0 aromatic heterocycles. The lowest BCUT2D eigenvalue weighted by molar-refractivity contribution is -0.140. The van der Waals surface area contributed by atoms with Crippen molar-refractivity contribution in [2.24, 2.45) is 5.73 Å². The van der Waals surface area contributed by atoms with Crippen LogP contribution in [0, 0.1) is 0 Å². The Morgan fingerprint density at radius 3 is 2.43 bits per heavy atom. The number of aliphatic carboxylic acids is 1. The van der Waals surface area contributed by atoms with Crippen molar-refractivity contribution >= 4 is 17.8 Å². The van der Waals surface area contributed by atoms with Crippen LogP contribution >= 0.6 is 0 Å². The van der Waals surface area contributed by atoms with Crippen molar-refractivity contribution in [1.29, 1.82) is 0 Å². The molecule has 2 amide bonds. The van der Waals surface area contributed by atoms with Gasteiger partial charge in [0.1, 0.15) is 18.4 Å². The van der Waals surface area contributed by atoms with Gasteiger partial charge in [0, 0.05) is 5.56 Å². The fourth-order valence-corrected chi connectivity index (χ4v) is 1.50. The minimum atomic E-state index is -1.35. The predicted octanol–water partition coefficient (Wildman–Crippen LogP) is 0.310. The molecule has 1 atom stereocenters. The third-order valence-electron chi connectivity index (χ3n) is 2.49. The number of carbonyl (C=O) groups is 3. The average Bonchev–Trinajstić information content (AvgIpc) is 2.44. The lowest BCUT2D eigenvalue weighted by Crippen LogP contribution is -2.43. The molecule has 0 aliphatic carbocycles. The van der Waals surface area contributed by atoms with E-state index in [-0.39, 0.29) is 5.56 Å². The Morgan fingerprint density at radius 2 is 1.95 bits per heavy atom. The third kappa shape index (κ3) is 5.35. The van der Waals surface area contributed by atoms with Gasteiger partial charge < -0.3 is 20.9 Å². The fourth-order valence-electron chi connectivity index (χ4n) is 1.50. The molecule has 21 heavy (non-hydrogen) atoms. The van der Waals surface area contributed by atoms with Crippen LogP contribution < -0.4 is 15.8 Å². The molecule has 1 rings (SSSR count). The molecule has 0 fully saturated rings. The molecule has 0 aliphatic heterocycles. The minimum absolute atomic E-state index is 0.247. The van der Waals surface area contributed by atoms with Crippen molar-refractivity contribution in [3.8, 4) is 5.75 Å². The molecule has 0 saturated carbocycles. The van der Waals surface area contributed by atoms with E-state index < -0.39 is 30.2 Å². The van der Waals surface area contributed by atoms with E-state index in [1.807, 2.05) is 0 Å². The maximum absolute atomic E-state index is 11.9. The van der Waals surface area contributed by atoms with Gasteiger partial charge in [-0.15, -0.1) is 0 Å². The Morgan fingerprint density at radius 1 is 1.33 bits per heavy atom. The SMILES string of the molecule is C=CCOc1ccc(C(=O)NC(CC(N)=O)C(=O)O)cc1. The first-order chi connectivity index (χ1) is 9.93. The van der Waals surface area contributed by atoms with Crippen LogP contribution in [0.15, 0.2) is 36.9 Å². The zero-order valence-electron chi connectivity index (χ0n) is 11.2. The van der Waals surface area contributed by atoms with Crippen LogP contribution in [0.5, 0.6) is 5.75 Å². The highest BCUT2D eigenvalue weighted by molar-refractivity contribution is 5.97. The largest absolute Gasteiger partial charge is 0.490 e. The van der Waals surface area contributed by atoms with Crippen LogP contribution in [-0.4, -0.2) is 35.5 Å². The first-order valence-corrected chi connectivity index (χ1v) is 6.09. The summed E-state index contributed by atoms with van der Waals surface area (Å²) in [6.07, 6.45) is 1.11. The zero-order chi connectivity index (χ0) is 15.8. The highest BCUT2D eigenvalue weighted by atomic mass is 16.5. The second-order valence-corrected chi connectivity index (χ2v) is 4.16. The van der Waals surface area contributed by atoms with Crippen LogP contribution in [0.25, 0.3) is 0 Å². The number of carboxylic acid groups (broad SMARTS) is 1. The molecule has 7 heteroatoms. The van der Waals surface area contributed by atoms with Crippen LogP contribution in [0.4, 0.5) is 0 Å². The molecular weight excluding hydrogens is 276 g/mol. The van der Waals surface area contributed by atoms with Gasteiger partial charge in [-0.3, -0.25) is 9.59 Å². The van der Waals surface area contributed by atoms with Gasteiger partial charge in [0.05, 0.1) is 6.42 Å². The summed E-state index contributed by atoms with van der Waals surface area (Å²) >= 11 is 0. The standard InChI is InChI=1S/C14H16N2O5/c1-2-7-21-10-5-3-9(4-6-10)13(18)16-11(14(19)20)8-12(15)17/h2-6,11H,1,7-8H2,(H2,15,17)(H,16,18)(H,19,20). The van der Waals surface area contributed by atoms with Gasteiger partial charge in [-0.2, -0.15) is 0 Å². The number of benzene rings is 1. The molecule has 1 unspecified atom stereocenters. The molecule has 112 valence electrons. The van der Waals surface area contributed by atoms with Gasteiger partial charge in [0.2, 0.25) is 5.91 Å². The maximum Gasteiger partial charge on any atom is 0.326 e. The fraction of sp³-hybridized carbons (Fsp3) is 0.214. The molecule has 7 nitrogen and oxygen atoms in total. The summed E-state index contributed by atoms with van der Waals surface area (Å²) in [6.45, 7) is 3.85. The van der Waals surface area contributed by atoms with Gasteiger partial charge >= 0.3 is 5.97 Å². The van der Waals surface area contributed by atoms with Gasteiger partial charge in [-0.25, -0.2) is 4.79 Å². The van der Waals surface area contributed by atoms with Crippen LogP contribution in [-0.2, 0) is 9.59 Å². The first kappa shape index (κ1) is 16.2. The second-order valence-electron chi connectivity index (χ2n) is 4.16. The van der Waals surface area contributed by atoms with E-state index in [4.69, 9.17) is 15.6 Å². The third-order valence-corrected chi connectivity index (χ3v) is 2.49. The van der Waals surface area contributed by atoms with Crippen molar-refractivity contribution in [1.82, 2.24) is 5.32 Å². The second kappa shape index (κ2) is 7.68. The molecule has 0 bridgehead atoms. The van der Waals surface area contributed by atoms with Crippen molar-refractivity contribution in [3.05, 3.63) is 42.5 Å². The highest BCUT2D eigenvalue weighted by Gasteiger charge is 2.22. The van der Waals surface area contributed by atoms with Crippen LogP contribution in [0.3, 0.4) is 0 Å². The Bertz CT molecular complexity index is 539. The average molecular weight is 292 g/mol. The van der Waals surface area contributed by atoms with Crippen LogP contribution in [0.2, 0.25) is 0 Å². The maximum atomic E-state index is 11.9. The zero-order valence-corrected chi connectivity index (χ0v) is 11.2. The molecule has 0 saturated heterocycles. The van der Waals surface area contributed by atoms with Crippen molar-refractivity contribution in [2.75, 3.05) is 6.61 Å². The Hall–Kier alpha value is -2.83. The Labute approximate surface area is 121 Å². The number of rotatable bonds is 8. The number of primary amides is 1. The summed E-state index contributed by atoms with van der Waals surface area (Å²) in [7, 11) is 0. The van der Waals surface area contributed by atoms with E-state index >= 15 is 0 Å². The van der Waals surface area contributed by atoms with Gasteiger partial charge in [-0.1, -0.05) is 12.7 Å². The topological polar surface area (TPSA) is 119 Å². The monoisotopic (exact) mass is 292 g/mol. The Balaban J connectivity index is 2.71. The van der Waals surface area contributed by atoms with E-state index in [1.54, 1.807) is 18.2 Å². The number of carbonyl (C=O) groups excluding carboxylic acids is 2. The molecule has 0 aliphatic rings. The van der Waals surface area contributed by atoms with E-state index in [9.17, 15) is 14.4 Å². The summed E-state index contributed by atoms with van der Waals surface area (Å²) in [5.41, 5.74) is 5.18. The van der Waals surface area contributed by atoms with Gasteiger partial charge in [0.15, 0.2) is 0 Å². The molecule has 1 aromatic carbocycles. The summed E-state index contributed by atoms with van der Waals surface area (Å²) in [5.74, 6) is -2.19. The summed E-state index contributed by atoms with van der Waals surface area (Å²) in [5, 5.41) is 11.1. The van der Waals surface area contributed by atoms with Crippen molar-refractivity contribution in [2.45, 2.75) is 12.5 Å². The number of amides is 2. The van der Waals surface area contributed by atoms with Gasteiger partial charge in [0.25, 0.3) is 5.91 Å². The summed E-state index contributed by atoms with van der Waals surface area (Å²) < 4.78 is 5.26. The smallest absolute Gasteiger partial charge is 0.326 e. The van der Waals surface area contributed by atoms with E-state index in [2.05, 4.69) is 11.9 Å². The van der Waals surface area contributed by atoms with E-state index in [0.717, 1.165) is 0 Å². The summed E-state index contributed by atoms with van der Waals surface area (Å²) in [4.78, 5) is 33.6.